The van der Waals surface area contributed by atoms with Crippen molar-refractivity contribution >= 4 is 11.9 Å². The van der Waals surface area contributed by atoms with Crippen LogP contribution in [0.25, 0.3) is 0 Å². The number of carbonyl (C=O) groups is 1. The summed E-state index contributed by atoms with van der Waals surface area (Å²) in [7, 11) is 1.75. The topological polar surface area (TPSA) is 86.9 Å². The number of aromatic nitrogens is 1. The second-order valence-electron chi connectivity index (χ2n) is 7.08. The highest BCUT2D eigenvalue weighted by Gasteiger charge is 2.41. The molecule has 2 heterocycles. The van der Waals surface area contributed by atoms with Crippen molar-refractivity contribution in [1.29, 1.82) is 0 Å². The fourth-order valence-corrected chi connectivity index (χ4v) is 2.55. The molecule has 0 bridgehead atoms. The summed E-state index contributed by atoms with van der Waals surface area (Å²) < 4.78 is 16.8. The first-order valence-electron chi connectivity index (χ1n) is 8.11. The Morgan fingerprint density at radius 2 is 2.04 bits per heavy atom. The van der Waals surface area contributed by atoms with E-state index >= 15 is 0 Å². The summed E-state index contributed by atoms with van der Waals surface area (Å²) in [6, 6.07) is 3.45. The number of nitrogens with two attached hydrogens (primary N) is 1. The maximum absolute atomic E-state index is 12.5. The van der Waals surface area contributed by atoms with Crippen molar-refractivity contribution in [3.05, 3.63) is 18.3 Å². The Morgan fingerprint density at radius 3 is 2.58 bits per heavy atom. The van der Waals surface area contributed by atoms with Gasteiger partial charge in [0.05, 0.1) is 11.7 Å². The van der Waals surface area contributed by atoms with Gasteiger partial charge in [0.2, 0.25) is 0 Å². The Balaban J connectivity index is 2.10. The van der Waals surface area contributed by atoms with E-state index < -0.39 is 11.1 Å². The van der Waals surface area contributed by atoms with Gasteiger partial charge in [-0.05, 0) is 45.7 Å². The minimum Gasteiger partial charge on any atom is -0.490 e. The lowest BCUT2D eigenvalue weighted by atomic mass is 9.89. The van der Waals surface area contributed by atoms with E-state index in [9.17, 15) is 4.79 Å². The van der Waals surface area contributed by atoms with Gasteiger partial charge in [0.25, 0.3) is 0 Å². The van der Waals surface area contributed by atoms with Crippen LogP contribution >= 0.6 is 0 Å². The Bertz CT molecular complexity index is 548. The summed E-state index contributed by atoms with van der Waals surface area (Å²) in [6.07, 6.45) is 2.59. The van der Waals surface area contributed by atoms with E-state index in [4.69, 9.17) is 19.9 Å². The second-order valence-corrected chi connectivity index (χ2v) is 7.08. The van der Waals surface area contributed by atoms with E-state index in [0.717, 1.165) is 0 Å². The molecule has 7 nitrogen and oxygen atoms in total. The molecule has 0 unspecified atom stereocenters. The smallest absolute Gasteiger partial charge is 0.410 e. The molecule has 0 spiro atoms. The van der Waals surface area contributed by atoms with Gasteiger partial charge in [0.15, 0.2) is 0 Å². The Morgan fingerprint density at radius 1 is 1.38 bits per heavy atom. The number of likely N-dealkylation sites (N-methyl/N-ethyl adjacent to an activating group) is 1. The van der Waals surface area contributed by atoms with Crippen LogP contribution in [-0.4, -0.2) is 54.0 Å². The minimum absolute atomic E-state index is 0.345. The molecule has 1 aromatic rings. The fourth-order valence-electron chi connectivity index (χ4n) is 2.55. The van der Waals surface area contributed by atoms with Crippen LogP contribution in [0.15, 0.2) is 18.3 Å². The second kappa shape index (κ2) is 7.25. The van der Waals surface area contributed by atoms with Crippen molar-refractivity contribution in [3.8, 4) is 5.75 Å². The lowest BCUT2D eigenvalue weighted by molar-refractivity contribution is -0.0516. The van der Waals surface area contributed by atoms with Gasteiger partial charge in [-0.3, -0.25) is 0 Å². The maximum atomic E-state index is 12.5. The van der Waals surface area contributed by atoms with Gasteiger partial charge in [0, 0.05) is 20.3 Å². The van der Waals surface area contributed by atoms with Gasteiger partial charge in [-0.25, -0.2) is 9.78 Å². The van der Waals surface area contributed by atoms with E-state index in [1.165, 1.54) is 0 Å². The number of nitrogen functional groups attached to an aromatic ring is 1. The molecular formula is C17H27N3O4. The molecule has 134 valence electrons. The van der Waals surface area contributed by atoms with Gasteiger partial charge in [-0.2, -0.15) is 0 Å². The molecule has 1 saturated heterocycles. The average molecular weight is 337 g/mol. The molecule has 24 heavy (non-hydrogen) atoms. The third-order valence-electron chi connectivity index (χ3n) is 4.07. The van der Waals surface area contributed by atoms with Crippen molar-refractivity contribution in [3.63, 3.8) is 0 Å². The number of hydrogen-bond donors (Lipinski definition) is 1. The zero-order valence-electron chi connectivity index (χ0n) is 14.9. The molecule has 0 atom stereocenters. The number of nitrogens with zero attached hydrogens (tertiary/aromatic N) is 2. The highest BCUT2D eigenvalue weighted by molar-refractivity contribution is 5.69. The molecule has 1 aromatic heterocycles. The number of ether oxygens (including phenoxy) is 3. The van der Waals surface area contributed by atoms with Gasteiger partial charge in [-0.1, -0.05) is 0 Å². The average Bonchev–Trinajstić information content (AvgIpc) is 2.53. The van der Waals surface area contributed by atoms with Crippen LogP contribution in [0.2, 0.25) is 0 Å². The van der Waals surface area contributed by atoms with Crippen molar-refractivity contribution in [2.24, 2.45) is 0 Å². The van der Waals surface area contributed by atoms with Crippen LogP contribution in [-0.2, 0) is 9.47 Å². The lowest BCUT2D eigenvalue weighted by Gasteiger charge is -2.44. The summed E-state index contributed by atoms with van der Waals surface area (Å²) in [5.74, 6) is 1.06. The van der Waals surface area contributed by atoms with Crippen molar-refractivity contribution in [2.75, 3.05) is 32.6 Å². The van der Waals surface area contributed by atoms with Crippen molar-refractivity contribution in [2.45, 2.75) is 44.8 Å². The van der Waals surface area contributed by atoms with E-state index in [1.807, 2.05) is 20.8 Å². The number of hydrogen-bond acceptors (Lipinski definition) is 6. The highest BCUT2D eigenvalue weighted by atomic mass is 16.6. The molecule has 2 rings (SSSR count). The SMILES string of the molecule is CN(C(=O)OC(C)(C)C)C1(COc2ccc(N)nc2)CCOCC1. The third kappa shape index (κ3) is 4.74. The number of pyridine rings is 1. The Kier molecular flexibility index (Phi) is 5.54. The van der Waals surface area contributed by atoms with Crippen LogP contribution in [0.3, 0.4) is 0 Å². The van der Waals surface area contributed by atoms with Gasteiger partial charge in [-0.15, -0.1) is 0 Å². The van der Waals surface area contributed by atoms with Gasteiger partial charge >= 0.3 is 6.09 Å². The van der Waals surface area contributed by atoms with Crippen LogP contribution in [0.5, 0.6) is 5.75 Å². The monoisotopic (exact) mass is 337 g/mol. The number of rotatable bonds is 4. The molecule has 0 radical (unpaired) electrons. The first-order valence-corrected chi connectivity index (χ1v) is 8.11. The van der Waals surface area contributed by atoms with E-state index in [2.05, 4.69) is 4.98 Å². The quantitative estimate of drug-likeness (QED) is 0.908. The molecule has 1 aliphatic rings. The zero-order chi connectivity index (χ0) is 17.8. The Hall–Kier alpha value is -2.02. The first kappa shape index (κ1) is 18.3. The van der Waals surface area contributed by atoms with Gasteiger partial charge in [0.1, 0.15) is 23.8 Å². The summed E-state index contributed by atoms with van der Waals surface area (Å²) in [6.45, 7) is 7.06. The number of anilines is 1. The number of carbonyl (C=O) groups excluding carboxylic acids is 1. The molecule has 0 saturated carbocycles. The van der Waals surface area contributed by atoms with Crippen molar-refractivity contribution < 1.29 is 19.0 Å². The van der Waals surface area contributed by atoms with Crippen LogP contribution in [0, 0.1) is 0 Å². The van der Waals surface area contributed by atoms with Crippen molar-refractivity contribution in [1.82, 2.24) is 9.88 Å². The molecule has 0 aliphatic carbocycles. The maximum Gasteiger partial charge on any atom is 0.410 e. The molecule has 7 heteroatoms. The third-order valence-corrected chi connectivity index (χ3v) is 4.07. The normalized spacial score (nSPS) is 17.2. The van der Waals surface area contributed by atoms with Crippen LogP contribution in [0.1, 0.15) is 33.6 Å². The van der Waals surface area contributed by atoms with E-state index in [1.54, 1.807) is 30.3 Å². The predicted molar refractivity (Wildman–Crippen MR) is 90.9 cm³/mol. The summed E-state index contributed by atoms with van der Waals surface area (Å²) >= 11 is 0. The highest BCUT2D eigenvalue weighted by Crippen LogP contribution is 2.29. The fraction of sp³-hybridized carbons (Fsp3) is 0.647. The standard InChI is InChI=1S/C17H27N3O4/c1-16(2,3)24-15(21)20(4)17(7-9-22-10-8-17)12-23-13-5-6-14(18)19-11-13/h5-6,11H,7-10,12H2,1-4H3,(H2,18,19). The van der Waals surface area contributed by atoms with E-state index in [0.29, 0.717) is 44.2 Å². The summed E-state index contributed by atoms with van der Waals surface area (Å²) in [5, 5.41) is 0. The molecule has 1 amide bonds. The minimum atomic E-state index is -0.542. The van der Waals surface area contributed by atoms with E-state index in [-0.39, 0.29) is 6.09 Å². The lowest BCUT2D eigenvalue weighted by Crippen LogP contribution is -2.57. The first-order chi connectivity index (χ1) is 11.2. The number of amides is 1. The molecule has 1 fully saturated rings. The molecular weight excluding hydrogens is 310 g/mol. The predicted octanol–water partition coefficient (Wildman–Crippen LogP) is 2.46. The van der Waals surface area contributed by atoms with Crippen LogP contribution in [0.4, 0.5) is 10.6 Å². The Labute approximate surface area is 143 Å². The largest absolute Gasteiger partial charge is 0.490 e. The van der Waals surface area contributed by atoms with Crippen LogP contribution < -0.4 is 10.5 Å². The molecule has 1 aliphatic heterocycles. The summed E-state index contributed by atoms with van der Waals surface area (Å²) in [4.78, 5) is 18.2. The molecule has 2 N–H and O–H groups in total. The van der Waals surface area contributed by atoms with Gasteiger partial charge < -0.3 is 24.8 Å². The zero-order valence-corrected chi connectivity index (χ0v) is 14.9. The summed E-state index contributed by atoms with van der Waals surface area (Å²) in [5.41, 5.74) is 4.57. The molecule has 0 aromatic carbocycles.